The van der Waals surface area contributed by atoms with Gasteiger partial charge in [-0.3, -0.25) is 4.79 Å². The molecule has 1 amide bonds. The Balaban J connectivity index is 1.56. The quantitative estimate of drug-likeness (QED) is 0.188. The highest BCUT2D eigenvalue weighted by Crippen LogP contribution is 2.38. The van der Waals surface area contributed by atoms with Crippen molar-refractivity contribution >= 4 is 15.9 Å². The molecular formula is C36H49N3O5S. The first-order valence-corrected chi connectivity index (χ1v) is 17.7. The van der Waals surface area contributed by atoms with Crippen LogP contribution in [0.25, 0.3) is 0 Å². The Kier molecular flexibility index (Phi) is 12.6. The number of benzene rings is 3. The number of rotatable bonds is 16. The van der Waals surface area contributed by atoms with Gasteiger partial charge >= 0.3 is 0 Å². The third-order valence-corrected chi connectivity index (χ3v) is 10.6. The number of nitrogens with one attached hydrogen (secondary N) is 2. The van der Waals surface area contributed by atoms with Crippen molar-refractivity contribution in [2.45, 2.75) is 87.8 Å². The molecule has 0 bridgehead atoms. The SMILES string of the molecule is CCCN(CCC)S(=O)(=O)c1cccc(C(=O)N[C@@H](Cc2ccccc2)[C@H](O)CNC2(c3cccc(OC)c3)CCCCC2)c1. The van der Waals surface area contributed by atoms with Gasteiger partial charge in [0.15, 0.2) is 0 Å². The van der Waals surface area contributed by atoms with Crippen LogP contribution in [-0.4, -0.2) is 62.6 Å². The lowest BCUT2D eigenvalue weighted by atomic mass is 9.76. The fourth-order valence-corrected chi connectivity index (χ4v) is 7.96. The van der Waals surface area contributed by atoms with E-state index in [-0.39, 0.29) is 22.5 Å². The molecule has 1 saturated carbocycles. The molecule has 45 heavy (non-hydrogen) atoms. The second-order valence-electron chi connectivity index (χ2n) is 12.0. The van der Waals surface area contributed by atoms with Gasteiger partial charge in [-0.15, -0.1) is 0 Å². The van der Waals surface area contributed by atoms with Crippen LogP contribution in [0, 0.1) is 0 Å². The van der Waals surface area contributed by atoms with E-state index in [1.807, 2.05) is 56.3 Å². The molecule has 0 saturated heterocycles. The number of carbonyl (C=O) groups excluding carboxylic acids is 1. The van der Waals surface area contributed by atoms with Crippen molar-refractivity contribution in [1.82, 2.24) is 14.9 Å². The summed E-state index contributed by atoms with van der Waals surface area (Å²) in [6.07, 6.45) is 6.13. The van der Waals surface area contributed by atoms with Crippen molar-refractivity contribution in [3.8, 4) is 5.75 Å². The van der Waals surface area contributed by atoms with Gasteiger partial charge in [0.25, 0.3) is 5.91 Å². The summed E-state index contributed by atoms with van der Waals surface area (Å²) in [5.41, 5.74) is 2.05. The molecule has 0 radical (unpaired) electrons. The maximum atomic E-state index is 13.6. The van der Waals surface area contributed by atoms with Crippen molar-refractivity contribution < 1.29 is 23.1 Å². The number of carbonyl (C=O) groups is 1. The van der Waals surface area contributed by atoms with Gasteiger partial charge in [-0.2, -0.15) is 4.31 Å². The van der Waals surface area contributed by atoms with Crippen LogP contribution in [0.4, 0.5) is 0 Å². The summed E-state index contributed by atoms with van der Waals surface area (Å²) in [5.74, 6) is 0.371. The number of amides is 1. The minimum absolute atomic E-state index is 0.0939. The third-order valence-electron chi connectivity index (χ3n) is 8.74. The van der Waals surface area contributed by atoms with E-state index in [1.54, 1.807) is 19.2 Å². The van der Waals surface area contributed by atoms with Crippen LogP contribution >= 0.6 is 0 Å². The zero-order valence-corrected chi connectivity index (χ0v) is 27.7. The Morgan fingerprint density at radius 1 is 0.933 bits per heavy atom. The average molecular weight is 636 g/mol. The Morgan fingerprint density at radius 3 is 2.29 bits per heavy atom. The van der Waals surface area contributed by atoms with E-state index in [0.717, 1.165) is 42.6 Å². The van der Waals surface area contributed by atoms with Crippen molar-refractivity contribution in [2.75, 3.05) is 26.7 Å². The van der Waals surface area contributed by atoms with E-state index in [2.05, 4.69) is 22.8 Å². The van der Waals surface area contributed by atoms with E-state index >= 15 is 0 Å². The number of methoxy groups -OCH3 is 1. The van der Waals surface area contributed by atoms with Gasteiger partial charge in [0, 0.05) is 30.7 Å². The predicted octanol–water partition coefficient (Wildman–Crippen LogP) is 5.66. The Labute approximate surface area is 269 Å². The lowest BCUT2D eigenvalue weighted by Gasteiger charge is -2.40. The fourth-order valence-electron chi connectivity index (χ4n) is 6.29. The molecule has 1 fully saturated rings. The topological polar surface area (TPSA) is 108 Å². The van der Waals surface area contributed by atoms with Crippen molar-refractivity contribution in [3.63, 3.8) is 0 Å². The number of ether oxygens (including phenoxy) is 1. The molecule has 3 aromatic carbocycles. The molecule has 0 aliphatic heterocycles. The van der Waals surface area contributed by atoms with Gasteiger partial charge in [-0.1, -0.05) is 81.6 Å². The van der Waals surface area contributed by atoms with E-state index < -0.39 is 28.1 Å². The average Bonchev–Trinajstić information content (AvgIpc) is 3.07. The highest BCUT2D eigenvalue weighted by atomic mass is 32.2. The monoisotopic (exact) mass is 635 g/mol. The first kappa shape index (κ1) is 34.6. The van der Waals surface area contributed by atoms with Gasteiger partial charge in [-0.25, -0.2) is 8.42 Å². The Bertz CT molecular complexity index is 1470. The smallest absolute Gasteiger partial charge is 0.251 e. The van der Waals surface area contributed by atoms with Gasteiger partial charge < -0.3 is 20.5 Å². The van der Waals surface area contributed by atoms with Crippen LogP contribution in [0.1, 0.15) is 80.3 Å². The van der Waals surface area contributed by atoms with E-state index in [0.29, 0.717) is 32.4 Å². The number of hydrogen-bond acceptors (Lipinski definition) is 6. The minimum Gasteiger partial charge on any atom is -0.497 e. The minimum atomic E-state index is -3.75. The third kappa shape index (κ3) is 8.94. The van der Waals surface area contributed by atoms with Crippen molar-refractivity contribution in [1.29, 1.82) is 0 Å². The van der Waals surface area contributed by atoms with Crippen LogP contribution in [-0.2, 0) is 22.0 Å². The summed E-state index contributed by atoms with van der Waals surface area (Å²) in [6.45, 7) is 5.00. The second-order valence-corrected chi connectivity index (χ2v) is 14.0. The maximum Gasteiger partial charge on any atom is 0.251 e. The van der Waals surface area contributed by atoms with Crippen molar-refractivity contribution in [2.24, 2.45) is 0 Å². The highest BCUT2D eigenvalue weighted by Gasteiger charge is 2.35. The number of aliphatic hydroxyl groups excluding tert-OH is 1. The predicted molar refractivity (Wildman–Crippen MR) is 179 cm³/mol. The van der Waals surface area contributed by atoms with Gasteiger partial charge in [-0.05, 0) is 73.6 Å². The molecule has 1 aliphatic carbocycles. The second kappa shape index (κ2) is 16.4. The first-order chi connectivity index (χ1) is 21.7. The number of sulfonamides is 1. The molecule has 0 heterocycles. The zero-order chi connectivity index (χ0) is 32.3. The van der Waals surface area contributed by atoms with Crippen LogP contribution in [0.3, 0.4) is 0 Å². The molecule has 0 aromatic heterocycles. The first-order valence-electron chi connectivity index (χ1n) is 16.2. The largest absolute Gasteiger partial charge is 0.497 e. The molecular weight excluding hydrogens is 586 g/mol. The lowest BCUT2D eigenvalue weighted by Crippen LogP contribution is -2.53. The van der Waals surface area contributed by atoms with E-state index in [1.165, 1.54) is 22.9 Å². The van der Waals surface area contributed by atoms with Crippen LogP contribution in [0.15, 0.2) is 83.8 Å². The molecule has 4 rings (SSSR count). The molecule has 8 nitrogen and oxygen atoms in total. The lowest BCUT2D eigenvalue weighted by molar-refractivity contribution is 0.0788. The van der Waals surface area contributed by atoms with Crippen LogP contribution < -0.4 is 15.4 Å². The van der Waals surface area contributed by atoms with E-state index in [4.69, 9.17) is 4.74 Å². The molecule has 3 N–H and O–H groups in total. The standard InChI is InChI=1S/C36H49N3O5S/c1-4-22-39(23-5-2)45(42,43)32-19-12-16-29(25-32)35(41)38-33(24-28-14-8-6-9-15-28)34(40)27-37-36(20-10-7-11-21-36)30-17-13-18-31(26-30)44-3/h6,8-9,12-19,25-26,33-34,37,40H,4-5,7,10-11,20-24,27H2,1-3H3,(H,38,41)/t33-,34+/m0/s1. The molecule has 0 spiro atoms. The van der Waals surface area contributed by atoms with Gasteiger partial charge in [0.05, 0.1) is 24.2 Å². The summed E-state index contributed by atoms with van der Waals surface area (Å²) >= 11 is 0. The van der Waals surface area contributed by atoms with Gasteiger partial charge in [0.1, 0.15) is 5.75 Å². The molecule has 9 heteroatoms. The number of hydrogen-bond donors (Lipinski definition) is 3. The summed E-state index contributed by atoms with van der Waals surface area (Å²) in [6, 6.07) is 23.4. The zero-order valence-electron chi connectivity index (χ0n) is 26.9. The van der Waals surface area contributed by atoms with Crippen LogP contribution in [0.5, 0.6) is 5.75 Å². The normalized spacial score (nSPS) is 16.2. The van der Waals surface area contributed by atoms with Gasteiger partial charge in [0.2, 0.25) is 10.0 Å². The Hall–Kier alpha value is -3.24. The Morgan fingerprint density at radius 2 is 1.62 bits per heavy atom. The molecule has 2 atom stereocenters. The fraction of sp³-hybridized carbons (Fsp3) is 0.472. The van der Waals surface area contributed by atoms with E-state index in [9.17, 15) is 18.3 Å². The number of nitrogens with zero attached hydrogens (tertiary/aromatic N) is 1. The molecule has 1 aliphatic rings. The van der Waals surface area contributed by atoms with Crippen molar-refractivity contribution in [3.05, 3.63) is 95.6 Å². The molecule has 3 aromatic rings. The highest BCUT2D eigenvalue weighted by molar-refractivity contribution is 7.89. The maximum absolute atomic E-state index is 13.6. The van der Waals surface area contributed by atoms with Crippen LogP contribution in [0.2, 0.25) is 0 Å². The summed E-state index contributed by atoms with van der Waals surface area (Å²) < 4.78 is 33.8. The summed E-state index contributed by atoms with van der Waals surface area (Å²) in [7, 11) is -2.08. The molecule has 0 unspecified atom stereocenters. The molecule has 244 valence electrons. The summed E-state index contributed by atoms with van der Waals surface area (Å²) in [5, 5.41) is 18.4. The number of aliphatic hydroxyl groups is 1. The summed E-state index contributed by atoms with van der Waals surface area (Å²) in [4.78, 5) is 13.7.